The number of carbonyl (C=O) groups is 2. The van der Waals surface area contributed by atoms with E-state index in [0.29, 0.717) is 12.2 Å². The van der Waals surface area contributed by atoms with Gasteiger partial charge >= 0.3 is 5.97 Å². The Balaban J connectivity index is 2.17. The van der Waals surface area contributed by atoms with E-state index in [9.17, 15) is 9.59 Å². The molecule has 0 saturated heterocycles. The van der Waals surface area contributed by atoms with Gasteiger partial charge in [-0.25, -0.2) is 0 Å². The molecule has 2 rings (SSSR count). The summed E-state index contributed by atoms with van der Waals surface area (Å²) in [5.41, 5.74) is 3.32. The first-order chi connectivity index (χ1) is 11.0. The second kappa shape index (κ2) is 8.25. The number of hydrogen-bond acceptors (Lipinski definition) is 4. The molecule has 0 aromatic heterocycles. The number of hydrogen-bond donors (Lipinski definition) is 1. The topological polar surface area (TPSA) is 55.4 Å². The molecule has 0 heterocycles. The smallest absolute Gasteiger partial charge is 0.307 e. The van der Waals surface area contributed by atoms with Crippen LogP contribution >= 0.6 is 0 Å². The fourth-order valence-corrected chi connectivity index (χ4v) is 3.10. The van der Waals surface area contributed by atoms with Crippen molar-refractivity contribution in [2.75, 3.05) is 6.61 Å². The highest BCUT2D eigenvalue weighted by molar-refractivity contribution is 6.02. The predicted molar refractivity (Wildman–Crippen MR) is 90.7 cm³/mol. The van der Waals surface area contributed by atoms with Crippen LogP contribution in [0, 0.1) is 0 Å². The van der Waals surface area contributed by atoms with Gasteiger partial charge in [0.15, 0.2) is 5.78 Å². The van der Waals surface area contributed by atoms with Gasteiger partial charge in [0, 0.05) is 11.6 Å². The molecule has 1 N–H and O–H groups in total. The van der Waals surface area contributed by atoms with Crippen molar-refractivity contribution in [3.05, 3.63) is 34.9 Å². The third-order valence-corrected chi connectivity index (χ3v) is 4.16. The molecule has 1 aromatic rings. The van der Waals surface area contributed by atoms with Gasteiger partial charge in [-0.3, -0.25) is 9.59 Å². The Bertz CT molecular complexity index is 566. The maximum Gasteiger partial charge on any atom is 0.307 e. The molecule has 0 fully saturated rings. The van der Waals surface area contributed by atoms with Gasteiger partial charge in [-0.15, -0.1) is 0 Å². The molecule has 0 spiro atoms. The van der Waals surface area contributed by atoms with Crippen LogP contribution in [0.1, 0.15) is 61.5 Å². The standard InChI is InChI=1S/C19H27NO3/c1-4-23-18(21)12-17(20-13(2)3)19(22)16-10-9-14-7-5-6-8-15(14)11-16/h9-11,13,17,20H,4-8,12H2,1-3H3. The quantitative estimate of drug-likeness (QED) is 0.620. The van der Waals surface area contributed by atoms with Crippen LogP contribution in [-0.2, 0) is 22.4 Å². The minimum atomic E-state index is -0.532. The lowest BCUT2D eigenvalue weighted by atomic mass is 9.88. The first-order valence-corrected chi connectivity index (χ1v) is 8.59. The molecule has 4 nitrogen and oxygen atoms in total. The summed E-state index contributed by atoms with van der Waals surface area (Å²) >= 11 is 0. The van der Waals surface area contributed by atoms with Crippen LogP contribution < -0.4 is 5.32 Å². The summed E-state index contributed by atoms with van der Waals surface area (Å²) in [4.78, 5) is 24.6. The normalized spacial score (nSPS) is 15.1. The molecule has 0 radical (unpaired) electrons. The number of ketones is 1. The molecule has 126 valence electrons. The highest BCUT2D eigenvalue weighted by Crippen LogP contribution is 2.23. The van der Waals surface area contributed by atoms with E-state index in [1.807, 2.05) is 26.0 Å². The number of ether oxygens (including phenoxy) is 1. The second-order valence-corrected chi connectivity index (χ2v) is 6.44. The second-order valence-electron chi connectivity index (χ2n) is 6.44. The van der Waals surface area contributed by atoms with Crippen LogP contribution in [0.5, 0.6) is 0 Å². The van der Waals surface area contributed by atoms with E-state index in [1.165, 1.54) is 24.0 Å². The summed E-state index contributed by atoms with van der Waals surface area (Å²) in [6, 6.07) is 5.56. The molecule has 4 heteroatoms. The number of rotatable bonds is 7. The molecule has 1 aromatic carbocycles. The van der Waals surface area contributed by atoms with Gasteiger partial charge in [0.1, 0.15) is 0 Å². The average Bonchev–Trinajstić information content (AvgIpc) is 2.53. The van der Waals surface area contributed by atoms with Gasteiger partial charge in [-0.1, -0.05) is 26.0 Å². The number of esters is 1. The van der Waals surface area contributed by atoms with Gasteiger partial charge in [0.05, 0.1) is 19.1 Å². The molecule has 1 aliphatic carbocycles. The van der Waals surface area contributed by atoms with Gasteiger partial charge in [-0.2, -0.15) is 0 Å². The first kappa shape index (κ1) is 17.7. The van der Waals surface area contributed by atoms with E-state index in [1.54, 1.807) is 6.92 Å². The Morgan fingerprint density at radius 2 is 1.87 bits per heavy atom. The van der Waals surface area contributed by atoms with Gasteiger partial charge < -0.3 is 10.1 Å². The summed E-state index contributed by atoms with van der Waals surface area (Å²) in [6.07, 6.45) is 4.61. The molecule has 1 unspecified atom stereocenters. The van der Waals surface area contributed by atoms with Crippen molar-refractivity contribution >= 4 is 11.8 Å². The lowest BCUT2D eigenvalue weighted by molar-refractivity contribution is -0.143. The van der Waals surface area contributed by atoms with E-state index >= 15 is 0 Å². The molecule has 0 amide bonds. The van der Waals surface area contributed by atoms with Crippen molar-refractivity contribution in [2.45, 2.75) is 65.0 Å². The maximum atomic E-state index is 12.8. The van der Waals surface area contributed by atoms with Gasteiger partial charge in [-0.05, 0) is 49.8 Å². The van der Waals surface area contributed by atoms with Crippen molar-refractivity contribution in [1.82, 2.24) is 5.32 Å². The number of carbonyl (C=O) groups excluding carboxylic acids is 2. The summed E-state index contributed by atoms with van der Waals surface area (Å²) in [7, 11) is 0. The van der Waals surface area contributed by atoms with E-state index in [-0.39, 0.29) is 24.2 Å². The zero-order valence-corrected chi connectivity index (χ0v) is 14.4. The van der Waals surface area contributed by atoms with Crippen molar-refractivity contribution in [3.8, 4) is 0 Å². The number of nitrogens with one attached hydrogen (secondary N) is 1. The highest BCUT2D eigenvalue weighted by Gasteiger charge is 2.25. The van der Waals surface area contributed by atoms with E-state index in [4.69, 9.17) is 4.74 Å². The molecular weight excluding hydrogens is 290 g/mol. The van der Waals surface area contributed by atoms with Crippen molar-refractivity contribution < 1.29 is 14.3 Å². The van der Waals surface area contributed by atoms with Gasteiger partial charge in [0.25, 0.3) is 0 Å². The average molecular weight is 317 g/mol. The Morgan fingerprint density at radius 3 is 2.52 bits per heavy atom. The summed E-state index contributed by atoms with van der Waals surface area (Å²) in [5.74, 6) is -0.364. The van der Waals surface area contributed by atoms with Crippen LogP contribution in [0.15, 0.2) is 18.2 Å². The Labute approximate surface area is 138 Å². The lowest BCUT2D eigenvalue weighted by Crippen LogP contribution is -2.42. The predicted octanol–water partition coefficient (Wildman–Crippen LogP) is 3.07. The minimum Gasteiger partial charge on any atom is -0.466 e. The lowest BCUT2D eigenvalue weighted by Gasteiger charge is -2.21. The van der Waals surface area contributed by atoms with Crippen LogP contribution in [0.4, 0.5) is 0 Å². The van der Waals surface area contributed by atoms with Crippen LogP contribution in [0.25, 0.3) is 0 Å². The minimum absolute atomic E-state index is 0.0277. The third-order valence-electron chi connectivity index (χ3n) is 4.16. The van der Waals surface area contributed by atoms with Gasteiger partial charge in [0.2, 0.25) is 0 Å². The fraction of sp³-hybridized carbons (Fsp3) is 0.579. The number of fused-ring (bicyclic) bond motifs is 1. The number of benzene rings is 1. The molecule has 23 heavy (non-hydrogen) atoms. The SMILES string of the molecule is CCOC(=O)CC(NC(C)C)C(=O)c1ccc2c(c1)CCCC2. The van der Waals surface area contributed by atoms with Crippen LogP contribution in [-0.4, -0.2) is 30.4 Å². The Kier molecular flexibility index (Phi) is 6.34. The largest absolute Gasteiger partial charge is 0.466 e. The van der Waals surface area contributed by atoms with E-state index in [0.717, 1.165) is 12.8 Å². The fourth-order valence-electron chi connectivity index (χ4n) is 3.10. The van der Waals surface area contributed by atoms with Crippen molar-refractivity contribution in [2.24, 2.45) is 0 Å². The Hall–Kier alpha value is -1.68. The molecule has 0 saturated carbocycles. The zero-order valence-electron chi connectivity index (χ0n) is 14.4. The van der Waals surface area contributed by atoms with E-state index in [2.05, 4.69) is 11.4 Å². The molecule has 1 atom stereocenters. The summed E-state index contributed by atoms with van der Waals surface area (Å²) < 4.78 is 5.00. The van der Waals surface area contributed by atoms with Crippen molar-refractivity contribution in [1.29, 1.82) is 0 Å². The number of aryl methyl sites for hydroxylation is 2. The molecule has 0 bridgehead atoms. The molecular formula is C19H27NO3. The van der Waals surface area contributed by atoms with E-state index < -0.39 is 6.04 Å². The van der Waals surface area contributed by atoms with Crippen LogP contribution in [0.2, 0.25) is 0 Å². The summed E-state index contributed by atoms with van der Waals surface area (Å²) in [5, 5.41) is 3.20. The Morgan fingerprint density at radius 1 is 1.17 bits per heavy atom. The van der Waals surface area contributed by atoms with Crippen LogP contribution in [0.3, 0.4) is 0 Å². The molecule has 0 aliphatic heterocycles. The summed E-state index contributed by atoms with van der Waals surface area (Å²) in [6.45, 7) is 6.05. The maximum absolute atomic E-state index is 12.8. The third kappa shape index (κ3) is 4.90. The molecule has 1 aliphatic rings. The first-order valence-electron chi connectivity index (χ1n) is 8.59. The zero-order chi connectivity index (χ0) is 16.8. The van der Waals surface area contributed by atoms with Crippen molar-refractivity contribution in [3.63, 3.8) is 0 Å². The monoisotopic (exact) mass is 317 g/mol. The highest BCUT2D eigenvalue weighted by atomic mass is 16.5. The number of Topliss-reactive ketones (excluding diaryl/α,β-unsaturated/α-hetero) is 1.